The van der Waals surface area contributed by atoms with Gasteiger partial charge in [-0.15, -0.1) is 0 Å². The molecule has 2 heteroatoms. The molecule has 0 saturated carbocycles. The summed E-state index contributed by atoms with van der Waals surface area (Å²) < 4.78 is 0. The van der Waals surface area contributed by atoms with Crippen LogP contribution in [0.25, 0.3) is 0 Å². The number of aliphatic hydroxyl groups excluding tert-OH is 1. The monoisotopic (exact) mass is 219 g/mol. The first-order chi connectivity index (χ1) is 7.65. The third-order valence-corrected chi connectivity index (χ3v) is 3.30. The normalized spacial score (nSPS) is 21.9. The maximum Gasteiger partial charge on any atom is 0.0679 e. The summed E-state index contributed by atoms with van der Waals surface area (Å²) in [6, 6.07) is 8.85. The SMILES string of the molecule is CC(C)c1ccc(CN2CC[C@@H](O)C2)cc1. The Morgan fingerprint density at radius 2 is 2.00 bits per heavy atom. The fourth-order valence-electron chi connectivity index (χ4n) is 2.22. The Morgan fingerprint density at radius 1 is 1.31 bits per heavy atom. The highest BCUT2D eigenvalue weighted by Gasteiger charge is 2.19. The molecular weight excluding hydrogens is 198 g/mol. The number of nitrogens with zero attached hydrogens (tertiary/aromatic N) is 1. The van der Waals surface area contributed by atoms with Gasteiger partial charge >= 0.3 is 0 Å². The fraction of sp³-hybridized carbons (Fsp3) is 0.571. The lowest BCUT2D eigenvalue weighted by Crippen LogP contribution is -2.21. The molecule has 0 unspecified atom stereocenters. The van der Waals surface area contributed by atoms with E-state index in [9.17, 15) is 5.11 Å². The van der Waals surface area contributed by atoms with Crippen LogP contribution in [-0.4, -0.2) is 29.2 Å². The molecule has 1 saturated heterocycles. The van der Waals surface area contributed by atoms with Crippen LogP contribution in [0, 0.1) is 0 Å². The van der Waals surface area contributed by atoms with Gasteiger partial charge in [-0.3, -0.25) is 4.90 Å². The van der Waals surface area contributed by atoms with Gasteiger partial charge in [-0.2, -0.15) is 0 Å². The molecule has 1 aromatic carbocycles. The molecule has 1 aromatic rings. The van der Waals surface area contributed by atoms with E-state index >= 15 is 0 Å². The summed E-state index contributed by atoms with van der Waals surface area (Å²) in [4.78, 5) is 2.31. The third-order valence-electron chi connectivity index (χ3n) is 3.30. The van der Waals surface area contributed by atoms with Crippen molar-refractivity contribution in [3.8, 4) is 0 Å². The van der Waals surface area contributed by atoms with E-state index < -0.39 is 0 Å². The zero-order chi connectivity index (χ0) is 11.5. The van der Waals surface area contributed by atoms with Crippen molar-refractivity contribution in [3.63, 3.8) is 0 Å². The van der Waals surface area contributed by atoms with E-state index in [0.717, 1.165) is 26.1 Å². The van der Waals surface area contributed by atoms with Crippen molar-refractivity contribution in [2.45, 2.75) is 38.8 Å². The van der Waals surface area contributed by atoms with Crippen LogP contribution in [0.3, 0.4) is 0 Å². The van der Waals surface area contributed by atoms with Gasteiger partial charge < -0.3 is 5.11 Å². The second-order valence-corrected chi connectivity index (χ2v) is 5.07. The van der Waals surface area contributed by atoms with Gasteiger partial charge in [0.2, 0.25) is 0 Å². The first kappa shape index (κ1) is 11.6. The van der Waals surface area contributed by atoms with Gasteiger partial charge in [0.05, 0.1) is 6.10 Å². The van der Waals surface area contributed by atoms with Gasteiger partial charge in [0.15, 0.2) is 0 Å². The molecule has 1 aliphatic heterocycles. The topological polar surface area (TPSA) is 23.5 Å². The summed E-state index contributed by atoms with van der Waals surface area (Å²) in [5.41, 5.74) is 2.74. The number of β-amino-alcohol motifs (C(OH)–C–C–N with tert-alkyl or cyclic N) is 1. The molecule has 1 fully saturated rings. The molecule has 1 aliphatic rings. The quantitative estimate of drug-likeness (QED) is 0.843. The molecule has 0 radical (unpaired) electrons. The number of likely N-dealkylation sites (tertiary alicyclic amines) is 1. The van der Waals surface area contributed by atoms with Gasteiger partial charge in [0.25, 0.3) is 0 Å². The molecule has 0 aromatic heterocycles. The molecule has 0 bridgehead atoms. The molecule has 88 valence electrons. The van der Waals surface area contributed by atoms with E-state index in [4.69, 9.17) is 0 Å². The summed E-state index contributed by atoms with van der Waals surface area (Å²) in [7, 11) is 0. The summed E-state index contributed by atoms with van der Waals surface area (Å²) in [5.74, 6) is 0.600. The molecule has 1 N–H and O–H groups in total. The maximum atomic E-state index is 9.45. The van der Waals surface area contributed by atoms with Crippen molar-refractivity contribution in [2.75, 3.05) is 13.1 Å². The summed E-state index contributed by atoms with van der Waals surface area (Å²) in [6.45, 7) is 7.24. The second-order valence-electron chi connectivity index (χ2n) is 5.07. The Labute approximate surface area is 97.9 Å². The molecule has 16 heavy (non-hydrogen) atoms. The molecule has 2 nitrogen and oxygen atoms in total. The lowest BCUT2D eigenvalue weighted by molar-refractivity contribution is 0.175. The molecule has 0 spiro atoms. The van der Waals surface area contributed by atoms with Crippen LogP contribution in [0.4, 0.5) is 0 Å². The molecular formula is C14H21NO. The van der Waals surface area contributed by atoms with Crippen LogP contribution in [0.15, 0.2) is 24.3 Å². The first-order valence-corrected chi connectivity index (χ1v) is 6.14. The van der Waals surface area contributed by atoms with Crippen LogP contribution < -0.4 is 0 Å². The minimum atomic E-state index is -0.116. The molecule has 1 atom stereocenters. The average Bonchev–Trinajstić information content (AvgIpc) is 2.65. The largest absolute Gasteiger partial charge is 0.392 e. The van der Waals surface area contributed by atoms with Crippen LogP contribution in [0.2, 0.25) is 0 Å². The first-order valence-electron chi connectivity index (χ1n) is 6.14. The van der Waals surface area contributed by atoms with Crippen LogP contribution in [-0.2, 0) is 6.54 Å². The Morgan fingerprint density at radius 3 is 2.50 bits per heavy atom. The van der Waals surface area contributed by atoms with Gasteiger partial charge in [0, 0.05) is 19.6 Å². The minimum absolute atomic E-state index is 0.116. The van der Waals surface area contributed by atoms with Gasteiger partial charge in [-0.1, -0.05) is 38.1 Å². The van der Waals surface area contributed by atoms with Crippen molar-refractivity contribution in [1.82, 2.24) is 4.90 Å². The van der Waals surface area contributed by atoms with Crippen LogP contribution in [0.5, 0.6) is 0 Å². The van der Waals surface area contributed by atoms with E-state index in [1.807, 2.05) is 0 Å². The van der Waals surface area contributed by atoms with E-state index in [2.05, 4.69) is 43.0 Å². The van der Waals surface area contributed by atoms with E-state index in [1.54, 1.807) is 0 Å². The zero-order valence-electron chi connectivity index (χ0n) is 10.2. The van der Waals surface area contributed by atoms with Gasteiger partial charge in [0.1, 0.15) is 0 Å². The summed E-state index contributed by atoms with van der Waals surface area (Å²) >= 11 is 0. The fourth-order valence-corrected chi connectivity index (χ4v) is 2.22. The van der Waals surface area contributed by atoms with Crippen molar-refractivity contribution >= 4 is 0 Å². The smallest absolute Gasteiger partial charge is 0.0679 e. The van der Waals surface area contributed by atoms with Crippen molar-refractivity contribution in [1.29, 1.82) is 0 Å². The lowest BCUT2D eigenvalue weighted by Gasteiger charge is -2.15. The molecule has 0 amide bonds. The number of benzene rings is 1. The Bertz CT molecular complexity index is 331. The Balaban J connectivity index is 1.95. The highest BCUT2D eigenvalue weighted by atomic mass is 16.3. The third kappa shape index (κ3) is 2.83. The molecule has 1 heterocycles. The minimum Gasteiger partial charge on any atom is -0.392 e. The number of hydrogen-bond acceptors (Lipinski definition) is 2. The summed E-state index contributed by atoms with van der Waals surface area (Å²) in [5, 5.41) is 9.45. The van der Waals surface area contributed by atoms with Gasteiger partial charge in [-0.05, 0) is 23.5 Å². The number of rotatable bonds is 3. The molecule has 2 rings (SSSR count). The van der Waals surface area contributed by atoms with Crippen molar-refractivity contribution in [2.24, 2.45) is 0 Å². The van der Waals surface area contributed by atoms with Crippen LogP contribution >= 0.6 is 0 Å². The predicted molar refractivity (Wildman–Crippen MR) is 66.4 cm³/mol. The number of hydrogen-bond donors (Lipinski definition) is 1. The predicted octanol–water partition coefficient (Wildman–Crippen LogP) is 2.38. The van der Waals surface area contributed by atoms with Gasteiger partial charge in [-0.25, -0.2) is 0 Å². The van der Waals surface area contributed by atoms with E-state index in [1.165, 1.54) is 11.1 Å². The highest BCUT2D eigenvalue weighted by Crippen LogP contribution is 2.17. The van der Waals surface area contributed by atoms with E-state index in [-0.39, 0.29) is 6.10 Å². The Kier molecular flexibility index (Phi) is 3.62. The zero-order valence-corrected chi connectivity index (χ0v) is 10.2. The summed E-state index contributed by atoms with van der Waals surface area (Å²) in [6.07, 6.45) is 0.805. The van der Waals surface area contributed by atoms with Crippen molar-refractivity contribution in [3.05, 3.63) is 35.4 Å². The maximum absolute atomic E-state index is 9.45. The average molecular weight is 219 g/mol. The highest BCUT2D eigenvalue weighted by molar-refractivity contribution is 5.24. The standard InChI is InChI=1S/C14H21NO/c1-11(2)13-5-3-12(4-6-13)9-15-8-7-14(16)10-15/h3-6,11,14,16H,7-10H2,1-2H3/t14-/m1/s1. The molecule has 0 aliphatic carbocycles. The van der Waals surface area contributed by atoms with Crippen molar-refractivity contribution < 1.29 is 5.11 Å². The number of aliphatic hydroxyl groups is 1. The van der Waals surface area contributed by atoms with E-state index in [0.29, 0.717) is 5.92 Å². The van der Waals surface area contributed by atoms with Crippen LogP contribution in [0.1, 0.15) is 37.3 Å². The second kappa shape index (κ2) is 4.98. The lowest BCUT2D eigenvalue weighted by atomic mass is 10.0. The Hall–Kier alpha value is -0.860.